The van der Waals surface area contributed by atoms with E-state index >= 15 is 0 Å². The Bertz CT molecular complexity index is 602. The van der Waals surface area contributed by atoms with E-state index in [1.54, 1.807) is 0 Å². The summed E-state index contributed by atoms with van der Waals surface area (Å²) in [5.41, 5.74) is 0.344. The number of alkyl halides is 3. The molecule has 0 saturated heterocycles. The fourth-order valence-electron chi connectivity index (χ4n) is 1.42. The van der Waals surface area contributed by atoms with E-state index in [0.717, 1.165) is 12.1 Å². The molecule has 0 amide bonds. The van der Waals surface area contributed by atoms with Gasteiger partial charge in [-0.3, -0.25) is 0 Å². The highest BCUT2D eigenvalue weighted by atomic mass is 19.4. The first kappa shape index (κ1) is 14.2. The SMILES string of the molecule is Cc1cc(F)c(Oc2cnc(C(F)(F)F)nc2)c(F)c1. The van der Waals surface area contributed by atoms with Crippen molar-refractivity contribution in [2.75, 3.05) is 0 Å². The Labute approximate surface area is 110 Å². The van der Waals surface area contributed by atoms with Crippen molar-refractivity contribution in [1.82, 2.24) is 9.97 Å². The molecule has 0 aliphatic rings. The van der Waals surface area contributed by atoms with Crippen LogP contribution in [0.1, 0.15) is 11.4 Å². The lowest BCUT2D eigenvalue weighted by molar-refractivity contribution is -0.145. The van der Waals surface area contributed by atoms with Crippen LogP contribution in [-0.4, -0.2) is 9.97 Å². The van der Waals surface area contributed by atoms with Crippen molar-refractivity contribution in [3.8, 4) is 11.5 Å². The first-order valence-corrected chi connectivity index (χ1v) is 5.30. The predicted octanol–water partition coefficient (Wildman–Crippen LogP) is 3.87. The van der Waals surface area contributed by atoms with E-state index in [1.165, 1.54) is 6.92 Å². The topological polar surface area (TPSA) is 35.0 Å². The first-order valence-electron chi connectivity index (χ1n) is 5.30. The van der Waals surface area contributed by atoms with Gasteiger partial charge in [-0.1, -0.05) is 0 Å². The molecule has 20 heavy (non-hydrogen) atoms. The van der Waals surface area contributed by atoms with Crippen LogP contribution in [0.25, 0.3) is 0 Å². The molecule has 1 aromatic carbocycles. The summed E-state index contributed by atoms with van der Waals surface area (Å²) in [4.78, 5) is 6.03. The minimum Gasteiger partial charge on any atom is -0.448 e. The molecule has 1 heterocycles. The minimum absolute atomic E-state index is 0.306. The Balaban J connectivity index is 2.27. The lowest BCUT2D eigenvalue weighted by Gasteiger charge is -2.09. The van der Waals surface area contributed by atoms with E-state index < -0.39 is 29.4 Å². The summed E-state index contributed by atoms with van der Waals surface area (Å²) in [6.45, 7) is 1.48. The Morgan fingerprint density at radius 3 is 1.95 bits per heavy atom. The molecular weight excluding hydrogens is 283 g/mol. The Kier molecular flexibility index (Phi) is 3.56. The highest BCUT2D eigenvalue weighted by molar-refractivity contribution is 5.34. The summed E-state index contributed by atoms with van der Waals surface area (Å²) in [6.07, 6.45) is -3.32. The van der Waals surface area contributed by atoms with Crippen LogP contribution in [0, 0.1) is 18.6 Å². The Hall–Kier alpha value is -2.25. The van der Waals surface area contributed by atoms with Gasteiger partial charge in [-0.05, 0) is 24.6 Å². The van der Waals surface area contributed by atoms with Crippen molar-refractivity contribution in [1.29, 1.82) is 0 Å². The molecule has 0 aliphatic carbocycles. The van der Waals surface area contributed by atoms with Crippen molar-refractivity contribution in [3.05, 3.63) is 47.5 Å². The molecule has 8 heteroatoms. The van der Waals surface area contributed by atoms with Gasteiger partial charge in [0.2, 0.25) is 5.82 Å². The number of rotatable bonds is 2. The van der Waals surface area contributed by atoms with E-state index in [-0.39, 0.29) is 5.75 Å². The number of benzene rings is 1. The zero-order chi connectivity index (χ0) is 14.9. The quantitative estimate of drug-likeness (QED) is 0.787. The molecule has 0 aliphatic heterocycles. The third-order valence-electron chi connectivity index (χ3n) is 2.24. The fraction of sp³-hybridized carbons (Fsp3) is 0.167. The molecule has 0 atom stereocenters. The number of nitrogens with zero attached hydrogens (tertiary/aromatic N) is 2. The summed E-state index contributed by atoms with van der Waals surface area (Å²) in [5, 5.41) is 0. The van der Waals surface area contributed by atoms with Gasteiger partial charge < -0.3 is 4.74 Å². The van der Waals surface area contributed by atoms with Gasteiger partial charge in [-0.25, -0.2) is 18.7 Å². The maximum Gasteiger partial charge on any atom is 0.451 e. The number of aromatic nitrogens is 2. The fourth-order valence-corrected chi connectivity index (χ4v) is 1.42. The second kappa shape index (κ2) is 5.03. The molecule has 2 rings (SSSR count). The maximum atomic E-state index is 13.5. The van der Waals surface area contributed by atoms with Crippen molar-refractivity contribution in [2.24, 2.45) is 0 Å². The van der Waals surface area contributed by atoms with Gasteiger partial charge in [-0.15, -0.1) is 0 Å². The van der Waals surface area contributed by atoms with Crippen molar-refractivity contribution >= 4 is 0 Å². The number of halogens is 5. The van der Waals surface area contributed by atoms with Gasteiger partial charge in [0.1, 0.15) is 0 Å². The van der Waals surface area contributed by atoms with Crippen LogP contribution < -0.4 is 4.74 Å². The van der Waals surface area contributed by atoms with E-state index in [2.05, 4.69) is 9.97 Å². The van der Waals surface area contributed by atoms with Gasteiger partial charge in [0.05, 0.1) is 12.4 Å². The average molecular weight is 290 g/mol. The average Bonchev–Trinajstić information content (AvgIpc) is 2.33. The van der Waals surface area contributed by atoms with E-state index in [4.69, 9.17) is 4.74 Å². The van der Waals surface area contributed by atoms with Gasteiger partial charge in [0.25, 0.3) is 0 Å². The molecule has 0 fully saturated rings. The van der Waals surface area contributed by atoms with E-state index in [0.29, 0.717) is 18.0 Å². The molecule has 0 radical (unpaired) electrons. The van der Waals surface area contributed by atoms with Crippen LogP contribution in [0.4, 0.5) is 22.0 Å². The summed E-state index contributed by atoms with van der Waals surface area (Å²) in [6, 6.07) is 2.06. The first-order chi connectivity index (χ1) is 9.27. The standard InChI is InChI=1S/C12H7F5N2O/c1-6-2-8(13)10(9(14)3-6)20-7-4-18-11(19-5-7)12(15,16)17/h2-5H,1H3. The lowest BCUT2D eigenvalue weighted by atomic mass is 10.2. The van der Waals surface area contributed by atoms with Gasteiger partial charge in [-0.2, -0.15) is 13.2 Å². The molecular formula is C12H7F5N2O. The molecule has 0 N–H and O–H groups in total. The molecule has 0 bridgehead atoms. The molecule has 0 saturated carbocycles. The van der Waals surface area contributed by atoms with Crippen molar-refractivity contribution < 1.29 is 26.7 Å². The van der Waals surface area contributed by atoms with Crippen molar-refractivity contribution in [2.45, 2.75) is 13.1 Å². The minimum atomic E-state index is -4.70. The summed E-state index contributed by atoms with van der Waals surface area (Å²) < 4.78 is 68.5. The summed E-state index contributed by atoms with van der Waals surface area (Å²) in [5.74, 6) is -4.34. The van der Waals surface area contributed by atoms with Crippen LogP contribution >= 0.6 is 0 Å². The smallest absolute Gasteiger partial charge is 0.448 e. The molecule has 2 aromatic rings. The maximum absolute atomic E-state index is 13.5. The Morgan fingerprint density at radius 2 is 1.50 bits per heavy atom. The zero-order valence-corrected chi connectivity index (χ0v) is 10.0. The number of hydrogen-bond acceptors (Lipinski definition) is 3. The van der Waals surface area contributed by atoms with Gasteiger partial charge in [0, 0.05) is 0 Å². The lowest BCUT2D eigenvalue weighted by Crippen LogP contribution is -2.10. The third-order valence-corrected chi connectivity index (χ3v) is 2.24. The highest BCUT2D eigenvalue weighted by Crippen LogP contribution is 2.30. The highest BCUT2D eigenvalue weighted by Gasteiger charge is 2.34. The Morgan fingerprint density at radius 1 is 1.00 bits per heavy atom. The summed E-state index contributed by atoms with van der Waals surface area (Å²) >= 11 is 0. The second-order valence-corrected chi connectivity index (χ2v) is 3.90. The van der Waals surface area contributed by atoms with Crippen LogP contribution in [-0.2, 0) is 6.18 Å². The molecule has 3 nitrogen and oxygen atoms in total. The third kappa shape index (κ3) is 3.01. The molecule has 106 valence electrons. The molecule has 0 unspecified atom stereocenters. The van der Waals surface area contributed by atoms with Crippen LogP contribution in [0.3, 0.4) is 0 Å². The number of aryl methyl sites for hydroxylation is 1. The van der Waals surface area contributed by atoms with Gasteiger partial charge in [0.15, 0.2) is 23.1 Å². The predicted molar refractivity (Wildman–Crippen MR) is 58.2 cm³/mol. The van der Waals surface area contributed by atoms with Crippen molar-refractivity contribution in [3.63, 3.8) is 0 Å². The number of hydrogen-bond donors (Lipinski definition) is 0. The molecule has 0 spiro atoms. The normalized spacial score (nSPS) is 11.5. The zero-order valence-electron chi connectivity index (χ0n) is 10.0. The largest absolute Gasteiger partial charge is 0.451 e. The van der Waals surface area contributed by atoms with Crippen LogP contribution in [0.15, 0.2) is 24.5 Å². The van der Waals surface area contributed by atoms with Gasteiger partial charge >= 0.3 is 6.18 Å². The summed E-state index contributed by atoms with van der Waals surface area (Å²) in [7, 11) is 0. The number of ether oxygens (including phenoxy) is 1. The van der Waals surface area contributed by atoms with E-state index in [9.17, 15) is 22.0 Å². The van der Waals surface area contributed by atoms with E-state index in [1.807, 2.05) is 0 Å². The van der Waals surface area contributed by atoms with Crippen LogP contribution in [0.2, 0.25) is 0 Å². The second-order valence-electron chi connectivity index (χ2n) is 3.90. The molecule has 1 aromatic heterocycles. The monoisotopic (exact) mass is 290 g/mol. The van der Waals surface area contributed by atoms with Crippen LogP contribution in [0.5, 0.6) is 11.5 Å².